The average Bonchev–Trinajstić information content (AvgIpc) is 3.21. The first-order valence-electron chi connectivity index (χ1n) is 7.58. The summed E-state index contributed by atoms with van der Waals surface area (Å²) in [5, 5.41) is 3.91. The molecule has 3 rings (SSSR count). The van der Waals surface area contributed by atoms with Gasteiger partial charge in [-0.15, -0.1) is 16.3 Å². The minimum atomic E-state index is -4.20. The molecule has 0 saturated carbocycles. The number of sulfonamides is 1. The van der Waals surface area contributed by atoms with Crippen LogP contribution in [0.15, 0.2) is 40.1 Å². The molecule has 28 heavy (non-hydrogen) atoms. The molecule has 2 heterocycles. The number of nitrogens with zero attached hydrogens (tertiary/aromatic N) is 4. The van der Waals surface area contributed by atoms with Gasteiger partial charge in [-0.3, -0.25) is 5.32 Å². The molecule has 11 nitrogen and oxygen atoms in total. The van der Waals surface area contributed by atoms with Gasteiger partial charge >= 0.3 is 18.1 Å². The lowest BCUT2D eigenvalue weighted by Gasteiger charge is -2.11. The summed E-state index contributed by atoms with van der Waals surface area (Å²) in [7, 11) is -1.56. The smallest absolute Gasteiger partial charge is 0.335 e. The Labute approximate surface area is 163 Å². The van der Waals surface area contributed by atoms with Crippen molar-refractivity contribution in [2.24, 2.45) is 0 Å². The molecule has 0 unspecified atom stereocenters. The SMILES string of the molecule is COc1nc(NC(=O)NS(=O)(=O)c2ccccc2-c2cscn2)nc(OC)n1. The molecule has 0 atom stereocenters. The quantitative estimate of drug-likeness (QED) is 0.604. The number of urea groups is 1. The predicted molar refractivity (Wildman–Crippen MR) is 99.8 cm³/mol. The Morgan fingerprint density at radius 3 is 2.36 bits per heavy atom. The molecule has 0 spiro atoms. The van der Waals surface area contributed by atoms with Gasteiger partial charge in [-0.05, 0) is 6.07 Å². The minimum absolute atomic E-state index is 0.0955. The van der Waals surface area contributed by atoms with Crippen LogP contribution in [0.25, 0.3) is 11.3 Å². The van der Waals surface area contributed by atoms with Crippen molar-refractivity contribution in [3.05, 3.63) is 35.2 Å². The van der Waals surface area contributed by atoms with E-state index in [9.17, 15) is 13.2 Å². The van der Waals surface area contributed by atoms with Crippen LogP contribution >= 0.6 is 11.3 Å². The molecule has 1 aromatic carbocycles. The van der Waals surface area contributed by atoms with E-state index in [0.29, 0.717) is 11.3 Å². The van der Waals surface area contributed by atoms with Crippen molar-refractivity contribution in [2.75, 3.05) is 19.5 Å². The van der Waals surface area contributed by atoms with Crippen molar-refractivity contribution in [2.45, 2.75) is 4.90 Å². The number of carbonyl (C=O) groups is 1. The maximum atomic E-state index is 12.7. The Hall–Kier alpha value is -3.32. The number of hydrogen-bond acceptors (Lipinski definition) is 10. The fraction of sp³-hybridized carbons (Fsp3) is 0.133. The molecule has 0 fully saturated rings. The van der Waals surface area contributed by atoms with Crippen molar-refractivity contribution in [1.82, 2.24) is 24.7 Å². The predicted octanol–water partition coefficient (Wildman–Crippen LogP) is 1.52. The van der Waals surface area contributed by atoms with E-state index in [4.69, 9.17) is 9.47 Å². The number of methoxy groups -OCH3 is 2. The monoisotopic (exact) mass is 422 g/mol. The summed E-state index contributed by atoms with van der Waals surface area (Å²) >= 11 is 1.32. The molecular formula is C15H14N6O5S2. The van der Waals surface area contributed by atoms with E-state index in [0.717, 1.165) is 0 Å². The van der Waals surface area contributed by atoms with Crippen LogP contribution in [-0.4, -0.2) is 48.6 Å². The average molecular weight is 422 g/mol. The molecule has 3 aromatic rings. The highest BCUT2D eigenvalue weighted by Crippen LogP contribution is 2.26. The second-order valence-electron chi connectivity index (χ2n) is 5.06. The summed E-state index contributed by atoms with van der Waals surface area (Å²) in [5.41, 5.74) is 2.44. The molecular weight excluding hydrogens is 408 g/mol. The first kappa shape index (κ1) is 19.4. The van der Waals surface area contributed by atoms with E-state index in [-0.39, 0.29) is 22.9 Å². The van der Waals surface area contributed by atoms with Gasteiger partial charge in [0, 0.05) is 10.9 Å². The third-order valence-electron chi connectivity index (χ3n) is 3.30. The number of anilines is 1. The molecule has 2 N–H and O–H groups in total. The van der Waals surface area contributed by atoms with Crippen LogP contribution in [0.5, 0.6) is 12.0 Å². The van der Waals surface area contributed by atoms with Gasteiger partial charge in [-0.2, -0.15) is 9.97 Å². The van der Waals surface area contributed by atoms with E-state index in [1.165, 1.54) is 31.6 Å². The van der Waals surface area contributed by atoms with E-state index >= 15 is 0 Å². The molecule has 0 aliphatic rings. The highest BCUT2D eigenvalue weighted by Gasteiger charge is 2.23. The minimum Gasteiger partial charge on any atom is -0.467 e. The van der Waals surface area contributed by atoms with Gasteiger partial charge in [0.2, 0.25) is 5.95 Å². The van der Waals surface area contributed by atoms with Crippen molar-refractivity contribution in [3.63, 3.8) is 0 Å². The zero-order valence-corrected chi connectivity index (χ0v) is 16.2. The number of nitrogens with one attached hydrogen (secondary N) is 2. The third-order valence-corrected chi connectivity index (χ3v) is 5.27. The molecule has 0 radical (unpaired) electrons. The zero-order valence-electron chi connectivity index (χ0n) is 14.6. The number of ether oxygens (including phenoxy) is 2. The maximum absolute atomic E-state index is 12.7. The van der Waals surface area contributed by atoms with E-state index < -0.39 is 16.1 Å². The maximum Gasteiger partial charge on any atom is 0.335 e. The summed E-state index contributed by atoms with van der Waals surface area (Å²) in [6.07, 6.45) is 0. The van der Waals surface area contributed by atoms with Crippen molar-refractivity contribution in [1.29, 1.82) is 0 Å². The van der Waals surface area contributed by atoms with Crippen molar-refractivity contribution >= 4 is 33.3 Å². The Bertz CT molecular complexity index is 1070. The Morgan fingerprint density at radius 2 is 1.75 bits per heavy atom. The molecule has 0 aliphatic heterocycles. The molecule has 0 saturated heterocycles. The fourth-order valence-corrected chi connectivity index (χ4v) is 3.82. The first-order valence-corrected chi connectivity index (χ1v) is 10.0. The van der Waals surface area contributed by atoms with Gasteiger partial charge in [-0.25, -0.2) is 22.9 Å². The van der Waals surface area contributed by atoms with Crippen LogP contribution in [0.3, 0.4) is 0 Å². The van der Waals surface area contributed by atoms with Crippen LogP contribution < -0.4 is 19.5 Å². The highest BCUT2D eigenvalue weighted by atomic mass is 32.2. The number of hydrogen-bond donors (Lipinski definition) is 2. The summed E-state index contributed by atoms with van der Waals surface area (Å²) in [4.78, 5) is 27.6. The van der Waals surface area contributed by atoms with Gasteiger partial charge in [0.15, 0.2) is 0 Å². The van der Waals surface area contributed by atoms with Gasteiger partial charge in [0.25, 0.3) is 10.0 Å². The normalized spacial score (nSPS) is 10.9. The second kappa shape index (κ2) is 8.14. The number of thiazole rings is 1. The first-order chi connectivity index (χ1) is 13.4. The van der Waals surface area contributed by atoms with E-state index in [2.05, 4.69) is 25.3 Å². The van der Waals surface area contributed by atoms with Crippen molar-refractivity contribution in [3.8, 4) is 23.3 Å². The Kier molecular flexibility index (Phi) is 5.65. The lowest BCUT2D eigenvalue weighted by molar-refractivity contribution is 0.256. The Balaban J connectivity index is 1.83. The highest BCUT2D eigenvalue weighted by molar-refractivity contribution is 7.90. The number of carbonyl (C=O) groups excluding carboxylic acids is 1. The standard InChI is InChI=1S/C15H14N6O5S2/c1-25-14-18-12(19-15(20-14)26-2)17-13(22)21-28(23,24)11-6-4-3-5-9(11)10-7-27-8-16-10/h3-8H,1-2H3,(H2,17,18,19,20,21,22). The lowest BCUT2D eigenvalue weighted by atomic mass is 10.2. The molecule has 13 heteroatoms. The Morgan fingerprint density at radius 1 is 1.07 bits per heavy atom. The summed E-state index contributed by atoms with van der Waals surface area (Å²) in [5.74, 6) is -0.246. The van der Waals surface area contributed by atoms with Crippen molar-refractivity contribution < 1.29 is 22.7 Å². The van der Waals surface area contributed by atoms with Crippen LogP contribution in [0.2, 0.25) is 0 Å². The zero-order chi connectivity index (χ0) is 20.1. The van der Waals surface area contributed by atoms with Gasteiger partial charge in [0.05, 0.1) is 30.3 Å². The largest absolute Gasteiger partial charge is 0.467 e. The lowest BCUT2D eigenvalue weighted by Crippen LogP contribution is -2.35. The van der Waals surface area contributed by atoms with E-state index in [1.807, 2.05) is 4.72 Å². The second-order valence-corrected chi connectivity index (χ2v) is 7.43. The molecule has 2 amide bonds. The summed E-state index contributed by atoms with van der Waals surface area (Å²) in [6.45, 7) is 0. The van der Waals surface area contributed by atoms with Gasteiger partial charge in [0.1, 0.15) is 0 Å². The van der Waals surface area contributed by atoms with Crippen LogP contribution in [0, 0.1) is 0 Å². The third kappa shape index (κ3) is 4.32. The number of amides is 2. The molecule has 146 valence electrons. The summed E-state index contributed by atoms with van der Waals surface area (Å²) in [6, 6.07) is 4.91. The van der Waals surface area contributed by atoms with Crippen LogP contribution in [0.4, 0.5) is 10.7 Å². The van der Waals surface area contributed by atoms with Crippen LogP contribution in [0.1, 0.15) is 0 Å². The van der Waals surface area contributed by atoms with Gasteiger partial charge in [-0.1, -0.05) is 18.2 Å². The molecule has 0 aliphatic carbocycles. The topological polar surface area (TPSA) is 145 Å². The summed E-state index contributed by atoms with van der Waals surface area (Å²) < 4.78 is 37.0. The number of benzene rings is 1. The molecule has 2 aromatic heterocycles. The fourth-order valence-electron chi connectivity index (χ4n) is 2.14. The van der Waals surface area contributed by atoms with Gasteiger partial charge < -0.3 is 9.47 Å². The van der Waals surface area contributed by atoms with Crippen LogP contribution in [-0.2, 0) is 10.0 Å². The molecule has 0 bridgehead atoms. The number of aromatic nitrogens is 4. The van der Waals surface area contributed by atoms with E-state index in [1.54, 1.807) is 29.1 Å². The number of rotatable bonds is 6.